The first-order chi connectivity index (χ1) is 10.9. The second kappa shape index (κ2) is 7.95. The van der Waals surface area contributed by atoms with E-state index in [-0.39, 0.29) is 5.97 Å². The van der Waals surface area contributed by atoms with Crippen LogP contribution in [0.25, 0.3) is 0 Å². The van der Waals surface area contributed by atoms with Crippen molar-refractivity contribution in [2.24, 2.45) is 0 Å². The van der Waals surface area contributed by atoms with E-state index in [1.807, 2.05) is 20.0 Å². The Hall–Kier alpha value is -1.37. The number of aryl methyl sites for hydroxylation is 1. The van der Waals surface area contributed by atoms with Gasteiger partial charge in [-0.1, -0.05) is 0 Å². The molecule has 1 aliphatic rings. The third kappa shape index (κ3) is 4.80. The number of H-pyrrole nitrogens is 1. The SMILES string of the molecule is CCOC(=O)c1c(C)c[nH]c1CCNCC1(O)CCN(C)CC1. The van der Waals surface area contributed by atoms with Crippen molar-refractivity contribution >= 4 is 5.97 Å². The van der Waals surface area contributed by atoms with Gasteiger partial charge in [0.05, 0.1) is 17.8 Å². The second-order valence-electron chi connectivity index (χ2n) is 6.50. The van der Waals surface area contributed by atoms with Crippen LogP contribution in [-0.4, -0.2) is 66.4 Å². The van der Waals surface area contributed by atoms with E-state index in [4.69, 9.17) is 4.74 Å². The van der Waals surface area contributed by atoms with E-state index in [0.29, 0.717) is 31.7 Å². The largest absolute Gasteiger partial charge is 0.462 e. The zero-order chi connectivity index (χ0) is 16.9. The van der Waals surface area contributed by atoms with Gasteiger partial charge in [-0.2, -0.15) is 0 Å². The molecule has 1 aromatic rings. The van der Waals surface area contributed by atoms with Gasteiger partial charge in [-0.05, 0) is 39.3 Å². The Kier molecular flexibility index (Phi) is 6.21. The van der Waals surface area contributed by atoms with E-state index < -0.39 is 5.60 Å². The van der Waals surface area contributed by atoms with Crippen LogP contribution >= 0.6 is 0 Å². The average Bonchev–Trinajstić information content (AvgIpc) is 2.88. The van der Waals surface area contributed by atoms with Gasteiger partial charge in [0.2, 0.25) is 0 Å². The summed E-state index contributed by atoms with van der Waals surface area (Å²) in [5.74, 6) is -0.268. The van der Waals surface area contributed by atoms with Crippen molar-refractivity contribution in [3.05, 3.63) is 23.0 Å². The second-order valence-corrected chi connectivity index (χ2v) is 6.50. The highest BCUT2D eigenvalue weighted by Crippen LogP contribution is 2.20. The fourth-order valence-corrected chi connectivity index (χ4v) is 3.01. The molecule has 3 N–H and O–H groups in total. The maximum absolute atomic E-state index is 12.0. The molecule has 0 aliphatic carbocycles. The molecule has 0 atom stereocenters. The van der Waals surface area contributed by atoms with Crippen LogP contribution in [0.5, 0.6) is 0 Å². The lowest BCUT2D eigenvalue weighted by molar-refractivity contribution is -0.0141. The van der Waals surface area contributed by atoms with Crippen molar-refractivity contribution in [2.75, 3.05) is 39.8 Å². The number of carbonyl (C=O) groups is 1. The van der Waals surface area contributed by atoms with Crippen molar-refractivity contribution < 1.29 is 14.6 Å². The van der Waals surface area contributed by atoms with Crippen molar-refractivity contribution in [2.45, 2.75) is 38.7 Å². The minimum Gasteiger partial charge on any atom is -0.462 e. The van der Waals surface area contributed by atoms with E-state index in [2.05, 4.69) is 22.2 Å². The summed E-state index contributed by atoms with van der Waals surface area (Å²) in [6.07, 6.45) is 4.14. The molecule has 0 amide bonds. The average molecular weight is 323 g/mol. The van der Waals surface area contributed by atoms with Crippen LogP contribution in [-0.2, 0) is 11.2 Å². The molecule has 130 valence electrons. The van der Waals surface area contributed by atoms with Gasteiger partial charge < -0.3 is 25.0 Å². The van der Waals surface area contributed by atoms with Crippen molar-refractivity contribution in [1.82, 2.24) is 15.2 Å². The molecule has 1 saturated heterocycles. The highest BCUT2D eigenvalue weighted by atomic mass is 16.5. The Morgan fingerprint density at radius 2 is 2.17 bits per heavy atom. The lowest BCUT2D eigenvalue weighted by Gasteiger charge is -2.36. The van der Waals surface area contributed by atoms with Gasteiger partial charge in [0.25, 0.3) is 0 Å². The number of hydrogen-bond donors (Lipinski definition) is 3. The Balaban J connectivity index is 1.82. The summed E-state index contributed by atoms with van der Waals surface area (Å²) in [5, 5.41) is 13.9. The molecule has 0 saturated carbocycles. The quantitative estimate of drug-likeness (QED) is 0.517. The van der Waals surface area contributed by atoms with Crippen molar-refractivity contribution in [3.63, 3.8) is 0 Å². The van der Waals surface area contributed by atoms with Gasteiger partial charge in [0.1, 0.15) is 0 Å². The van der Waals surface area contributed by atoms with Gasteiger partial charge in [-0.25, -0.2) is 4.79 Å². The highest BCUT2D eigenvalue weighted by Gasteiger charge is 2.30. The predicted molar refractivity (Wildman–Crippen MR) is 89.7 cm³/mol. The molecule has 2 rings (SSSR count). The summed E-state index contributed by atoms with van der Waals surface area (Å²) in [6.45, 7) is 7.26. The number of ether oxygens (including phenoxy) is 1. The molecule has 0 spiro atoms. The summed E-state index contributed by atoms with van der Waals surface area (Å²) < 4.78 is 5.11. The summed E-state index contributed by atoms with van der Waals surface area (Å²) in [7, 11) is 2.08. The monoisotopic (exact) mass is 323 g/mol. The molecule has 0 radical (unpaired) electrons. The third-order valence-corrected chi connectivity index (χ3v) is 4.56. The summed E-state index contributed by atoms with van der Waals surface area (Å²) in [5.41, 5.74) is 1.84. The van der Waals surface area contributed by atoms with E-state index in [0.717, 1.165) is 37.2 Å². The number of aliphatic hydroxyl groups is 1. The maximum Gasteiger partial charge on any atom is 0.340 e. The van der Waals surface area contributed by atoms with Gasteiger partial charge in [0.15, 0.2) is 0 Å². The molecule has 1 aliphatic heterocycles. The van der Waals surface area contributed by atoms with E-state index in [1.54, 1.807) is 0 Å². The van der Waals surface area contributed by atoms with Gasteiger partial charge >= 0.3 is 5.97 Å². The Bertz CT molecular complexity index is 519. The third-order valence-electron chi connectivity index (χ3n) is 4.56. The Labute approximate surface area is 138 Å². The smallest absolute Gasteiger partial charge is 0.340 e. The predicted octanol–water partition coefficient (Wildman–Crippen LogP) is 1.09. The fourth-order valence-electron chi connectivity index (χ4n) is 3.01. The highest BCUT2D eigenvalue weighted by molar-refractivity contribution is 5.92. The molecule has 0 bridgehead atoms. The summed E-state index contributed by atoms with van der Waals surface area (Å²) >= 11 is 0. The van der Waals surface area contributed by atoms with Crippen LogP contribution in [0.15, 0.2) is 6.20 Å². The van der Waals surface area contributed by atoms with E-state index >= 15 is 0 Å². The number of carbonyl (C=O) groups excluding carboxylic acids is 1. The van der Waals surface area contributed by atoms with Crippen LogP contribution in [0.2, 0.25) is 0 Å². The molecule has 6 heteroatoms. The van der Waals surface area contributed by atoms with Crippen LogP contribution in [0.3, 0.4) is 0 Å². The van der Waals surface area contributed by atoms with E-state index in [9.17, 15) is 9.90 Å². The zero-order valence-electron chi connectivity index (χ0n) is 14.4. The van der Waals surface area contributed by atoms with Crippen LogP contribution in [0, 0.1) is 6.92 Å². The zero-order valence-corrected chi connectivity index (χ0v) is 14.4. The normalized spacial score (nSPS) is 18.1. The number of likely N-dealkylation sites (tertiary alicyclic amines) is 1. The number of nitrogens with one attached hydrogen (secondary N) is 2. The lowest BCUT2D eigenvalue weighted by atomic mass is 9.91. The van der Waals surface area contributed by atoms with Crippen LogP contribution < -0.4 is 5.32 Å². The Morgan fingerprint density at radius 3 is 2.83 bits per heavy atom. The Morgan fingerprint density at radius 1 is 1.48 bits per heavy atom. The van der Waals surface area contributed by atoms with Gasteiger partial charge in [-0.15, -0.1) is 0 Å². The molecular formula is C17H29N3O3. The molecule has 1 aromatic heterocycles. The number of esters is 1. The number of rotatable bonds is 7. The van der Waals surface area contributed by atoms with Gasteiger partial charge in [-0.3, -0.25) is 0 Å². The van der Waals surface area contributed by atoms with Crippen LogP contribution in [0.4, 0.5) is 0 Å². The molecule has 23 heavy (non-hydrogen) atoms. The maximum atomic E-state index is 12.0. The molecule has 2 heterocycles. The number of aromatic nitrogens is 1. The number of nitrogens with zero attached hydrogens (tertiary/aromatic N) is 1. The molecular weight excluding hydrogens is 294 g/mol. The summed E-state index contributed by atoms with van der Waals surface area (Å²) in [4.78, 5) is 17.4. The summed E-state index contributed by atoms with van der Waals surface area (Å²) in [6, 6.07) is 0. The first-order valence-electron chi connectivity index (χ1n) is 8.41. The molecule has 1 fully saturated rings. The molecule has 6 nitrogen and oxygen atoms in total. The van der Waals surface area contributed by atoms with Gasteiger partial charge in [0, 0.05) is 44.5 Å². The number of hydrogen-bond acceptors (Lipinski definition) is 5. The minimum absolute atomic E-state index is 0.268. The standard InChI is InChI=1S/C17H29N3O3/c1-4-23-16(21)15-13(2)11-19-14(15)5-8-18-12-17(22)6-9-20(3)10-7-17/h11,18-19,22H,4-10,12H2,1-3H3. The van der Waals surface area contributed by atoms with E-state index in [1.165, 1.54) is 0 Å². The minimum atomic E-state index is -0.609. The van der Waals surface area contributed by atoms with Crippen molar-refractivity contribution in [3.8, 4) is 0 Å². The van der Waals surface area contributed by atoms with Crippen molar-refractivity contribution in [1.29, 1.82) is 0 Å². The molecule has 0 aromatic carbocycles. The number of piperidine rings is 1. The lowest BCUT2D eigenvalue weighted by Crippen LogP contribution is -2.49. The molecule has 0 unspecified atom stereocenters. The van der Waals surface area contributed by atoms with Crippen LogP contribution in [0.1, 0.15) is 41.4 Å². The fraction of sp³-hybridized carbons (Fsp3) is 0.706. The topological polar surface area (TPSA) is 77.6 Å². The number of aromatic amines is 1. The first kappa shape index (κ1) is 18.0. The first-order valence-corrected chi connectivity index (χ1v) is 8.41.